The lowest BCUT2D eigenvalue weighted by atomic mass is 10.0. The summed E-state index contributed by atoms with van der Waals surface area (Å²) in [6.45, 7) is 7.24. The summed E-state index contributed by atoms with van der Waals surface area (Å²) in [5.41, 5.74) is 3.28. The number of amides is 2. The van der Waals surface area contributed by atoms with Gasteiger partial charge in [0.1, 0.15) is 6.04 Å². The van der Waals surface area contributed by atoms with E-state index in [0.29, 0.717) is 11.3 Å². The molecule has 0 saturated carbocycles. The highest BCUT2D eigenvalue weighted by molar-refractivity contribution is 5.97. The van der Waals surface area contributed by atoms with E-state index in [-0.39, 0.29) is 11.8 Å². The third kappa shape index (κ3) is 6.33. The number of nitrogens with zero attached hydrogens (tertiary/aromatic N) is 1. The van der Waals surface area contributed by atoms with Gasteiger partial charge in [0.05, 0.1) is 0 Å². The quantitative estimate of drug-likeness (QED) is 0.617. The Morgan fingerprint density at radius 1 is 0.969 bits per heavy atom. The van der Waals surface area contributed by atoms with Crippen LogP contribution in [0.3, 0.4) is 0 Å². The van der Waals surface area contributed by atoms with Gasteiger partial charge in [0.2, 0.25) is 0 Å². The molecule has 0 bridgehead atoms. The van der Waals surface area contributed by atoms with Crippen molar-refractivity contribution >= 4 is 29.2 Å². The van der Waals surface area contributed by atoms with Gasteiger partial charge >= 0.3 is 5.97 Å². The number of hydrogen-bond acceptors (Lipinski definition) is 5. The van der Waals surface area contributed by atoms with Gasteiger partial charge in [0.25, 0.3) is 11.8 Å². The van der Waals surface area contributed by atoms with Crippen LogP contribution in [0.5, 0.6) is 0 Å². The third-order valence-electron chi connectivity index (χ3n) is 5.49. The summed E-state index contributed by atoms with van der Waals surface area (Å²) in [5.74, 6) is -1.62. The molecule has 32 heavy (non-hydrogen) atoms. The number of aryl methyl sites for hydroxylation is 1. The Labute approximate surface area is 189 Å². The largest absolute Gasteiger partial charge is 0.454 e. The topological polar surface area (TPSA) is 87.7 Å². The van der Waals surface area contributed by atoms with E-state index in [1.54, 1.807) is 12.1 Å². The first-order valence-electron chi connectivity index (χ1n) is 11.0. The number of benzene rings is 2. The Hall–Kier alpha value is -3.35. The van der Waals surface area contributed by atoms with Gasteiger partial charge in [-0.1, -0.05) is 31.5 Å². The lowest BCUT2D eigenvalue weighted by Gasteiger charge is -2.21. The first-order chi connectivity index (χ1) is 15.3. The number of rotatable bonds is 8. The van der Waals surface area contributed by atoms with Gasteiger partial charge in [-0.2, -0.15) is 0 Å². The van der Waals surface area contributed by atoms with Crippen molar-refractivity contribution < 1.29 is 19.1 Å². The lowest BCUT2D eigenvalue weighted by molar-refractivity contribution is -0.150. The molecule has 7 nitrogen and oxygen atoms in total. The fraction of sp³-hybridized carbons (Fsp3) is 0.400. The van der Waals surface area contributed by atoms with Crippen LogP contribution in [0, 0.1) is 12.8 Å². The van der Waals surface area contributed by atoms with Crippen molar-refractivity contribution in [3.05, 3.63) is 59.7 Å². The van der Waals surface area contributed by atoms with E-state index in [1.807, 2.05) is 57.2 Å². The van der Waals surface area contributed by atoms with E-state index < -0.39 is 24.5 Å². The maximum atomic E-state index is 12.5. The van der Waals surface area contributed by atoms with Crippen molar-refractivity contribution in [1.82, 2.24) is 5.32 Å². The average molecular weight is 438 g/mol. The Morgan fingerprint density at radius 2 is 1.59 bits per heavy atom. The number of anilines is 2. The maximum Gasteiger partial charge on any atom is 0.329 e. The van der Waals surface area contributed by atoms with Crippen molar-refractivity contribution in [3.63, 3.8) is 0 Å². The highest BCUT2D eigenvalue weighted by Gasteiger charge is 2.26. The summed E-state index contributed by atoms with van der Waals surface area (Å²) in [6.07, 6.45) is 2.40. The molecule has 0 unspecified atom stereocenters. The maximum absolute atomic E-state index is 12.5. The fourth-order valence-electron chi connectivity index (χ4n) is 3.58. The SMILES string of the molecule is Cc1ccc(C(=O)N[C@H](C(=O)OCC(=O)Nc2ccc(N3CCCC3)cc2)C(C)C)cc1. The number of ether oxygens (including phenoxy) is 1. The molecule has 2 aromatic rings. The second-order valence-electron chi connectivity index (χ2n) is 8.46. The lowest BCUT2D eigenvalue weighted by Crippen LogP contribution is -2.45. The summed E-state index contributed by atoms with van der Waals surface area (Å²) in [4.78, 5) is 39.6. The summed E-state index contributed by atoms with van der Waals surface area (Å²) < 4.78 is 5.19. The molecular weight excluding hydrogens is 406 g/mol. The molecule has 0 radical (unpaired) electrons. The van der Waals surface area contributed by atoms with Crippen LogP contribution in [0.25, 0.3) is 0 Å². The van der Waals surface area contributed by atoms with Crippen LogP contribution >= 0.6 is 0 Å². The van der Waals surface area contributed by atoms with Gasteiger partial charge in [-0.3, -0.25) is 9.59 Å². The van der Waals surface area contributed by atoms with E-state index in [2.05, 4.69) is 15.5 Å². The first kappa shape index (κ1) is 23.3. The molecule has 7 heteroatoms. The van der Waals surface area contributed by atoms with Crippen LogP contribution < -0.4 is 15.5 Å². The molecule has 1 saturated heterocycles. The third-order valence-corrected chi connectivity index (χ3v) is 5.49. The molecule has 1 fully saturated rings. The monoisotopic (exact) mass is 437 g/mol. The molecule has 0 aliphatic carbocycles. The summed E-state index contributed by atoms with van der Waals surface area (Å²) >= 11 is 0. The highest BCUT2D eigenvalue weighted by atomic mass is 16.5. The number of carbonyl (C=O) groups is 3. The van der Waals surface area contributed by atoms with Crippen LogP contribution in [0.4, 0.5) is 11.4 Å². The minimum Gasteiger partial charge on any atom is -0.454 e. The smallest absolute Gasteiger partial charge is 0.329 e. The Morgan fingerprint density at radius 3 is 2.19 bits per heavy atom. The Kier molecular flexibility index (Phi) is 7.87. The number of hydrogen-bond donors (Lipinski definition) is 2. The first-order valence-corrected chi connectivity index (χ1v) is 11.0. The zero-order chi connectivity index (χ0) is 23.1. The normalized spacial score (nSPS) is 14.2. The minimum absolute atomic E-state index is 0.196. The average Bonchev–Trinajstić information content (AvgIpc) is 3.31. The second kappa shape index (κ2) is 10.8. The molecule has 170 valence electrons. The van der Waals surface area contributed by atoms with Gasteiger partial charge in [0.15, 0.2) is 6.61 Å². The van der Waals surface area contributed by atoms with Crippen LogP contribution in [0.15, 0.2) is 48.5 Å². The van der Waals surface area contributed by atoms with E-state index >= 15 is 0 Å². The molecule has 1 aliphatic heterocycles. The van der Waals surface area contributed by atoms with Crippen molar-refractivity contribution in [3.8, 4) is 0 Å². The molecule has 0 spiro atoms. The van der Waals surface area contributed by atoms with Crippen LogP contribution in [-0.4, -0.2) is 43.5 Å². The van der Waals surface area contributed by atoms with Crippen LogP contribution in [-0.2, 0) is 14.3 Å². The molecule has 2 N–H and O–H groups in total. The van der Waals surface area contributed by atoms with E-state index in [1.165, 1.54) is 12.8 Å². The summed E-state index contributed by atoms with van der Waals surface area (Å²) in [5, 5.41) is 5.44. The molecule has 0 aromatic heterocycles. The van der Waals surface area contributed by atoms with Crippen molar-refractivity contribution in [2.45, 2.75) is 39.7 Å². The zero-order valence-electron chi connectivity index (χ0n) is 18.9. The number of carbonyl (C=O) groups excluding carboxylic acids is 3. The van der Waals surface area contributed by atoms with Crippen LogP contribution in [0.1, 0.15) is 42.6 Å². The minimum atomic E-state index is -0.851. The standard InChI is InChI=1S/C25H31N3O4/c1-17(2)23(27-24(30)19-8-6-18(3)7-9-19)25(31)32-16-22(29)26-20-10-12-21(13-11-20)28-14-4-5-15-28/h6-13,17,23H,4-5,14-16H2,1-3H3,(H,26,29)(H,27,30)/t23-/m0/s1. The highest BCUT2D eigenvalue weighted by Crippen LogP contribution is 2.22. The molecule has 1 atom stereocenters. The predicted octanol–water partition coefficient (Wildman–Crippen LogP) is 3.53. The predicted molar refractivity (Wildman–Crippen MR) is 125 cm³/mol. The molecule has 1 aliphatic rings. The van der Waals surface area contributed by atoms with E-state index in [0.717, 1.165) is 24.3 Å². The number of nitrogens with one attached hydrogen (secondary N) is 2. The Bertz CT molecular complexity index is 933. The second-order valence-corrected chi connectivity index (χ2v) is 8.46. The van der Waals surface area contributed by atoms with E-state index in [9.17, 15) is 14.4 Å². The fourth-order valence-corrected chi connectivity index (χ4v) is 3.58. The van der Waals surface area contributed by atoms with Crippen LogP contribution in [0.2, 0.25) is 0 Å². The Balaban J connectivity index is 1.50. The van der Waals surface area contributed by atoms with Gasteiger partial charge in [0, 0.05) is 30.0 Å². The zero-order valence-corrected chi connectivity index (χ0v) is 18.9. The van der Waals surface area contributed by atoms with Crippen molar-refractivity contribution in [2.24, 2.45) is 5.92 Å². The summed E-state index contributed by atoms with van der Waals surface area (Å²) in [6, 6.07) is 13.9. The molecule has 2 aromatic carbocycles. The molecule has 1 heterocycles. The van der Waals surface area contributed by atoms with Gasteiger partial charge in [-0.25, -0.2) is 4.79 Å². The summed E-state index contributed by atoms with van der Waals surface area (Å²) in [7, 11) is 0. The molecular formula is C25H31N3O4. The van der Waals surface area contributed by atoms with Gasteiger partial charge in [-0.05, 0) is 62.1 Å². The van der Waals surface area contributed by atoms with E-state index in [4.69, 9.17) is 4.74 Å². The van der Waals surface area contributed by atoms with Gasteiger partial charge < -0.3 is 20.3 Å². The van der Waals surface area contributed by atoms with Crippen molar-refractivity contribution in [1.29, 1.82) is 0 Å². The number of esters is 1. The molecule has 2 amide bonds. The van der Waals surface area contributed by atoms with Gasteiger partial charge in [-0.15, -0.1) is 0 Å². The van der Waals surface area contributed by atoms with Crippen molar-refractivity contribution in [2.75, 3.05) is 29.9 Å². The molecule has 3 rings (SSSR count).